The van der Waals surface area contributed by atoms with Crippen molar-refractivity contribution in [1.29, 1.82) is 0 Å². The number of hydrogen-bond acceptors (Lipinski definition) is 3. The van der Waals surface area contributed by atoms with Crippen molar-refractivity contribution >= 4 is 16.0 Å². The standard InChI is InChI=1S/C12H23NO4S/c1-10(2)11-4-3-7-13(8-5-11)18(16,17)9-6-12(14)15/h10-11H,3-9H2,1-2H3,(H,14,15). The Morgan fingerprint density at radius 1 is 1.33 bits per heavy atom. The van der Waals surface area contributed by atoms with Gasteiger partial charge in [-0.05, 0) is 31.1 Å². The van der Waals surface area contributed by atoms with Gasteiger partial charge in [-0.2, -0.15) is 0 Å². The maximum Gasteiger partial charge on any atom is 0.304 e. The van der Waals surface area contributed by atoms with Crippen LogP contribution in [0.5, 0.6) is 0 Å². The second-order valence-electron chi connectivity index (χ2n) is 5.29. The summed E-state index contributed by atoms with van der Waals surface area (Å²) < 4.78 is 25.4. The summed E-state index contributed by atoms with van der Waals surface area (Å²) in [5.74, 6) is -0.195. The van der Waals surface area contributed by atoms with Crippen LogP contribution in [0.25, 0.3) is 0 Å². The minimum absolute atomic E-state index is 0.283. The molecule has 1 saturated heterocycles. The molecule has 1 aliphatic heterocycles. The van der Waals surface area contributed by atoms with Crippen molar-refractivity contribution in [2.24, 2.45) is 11.8 Å². The van der Waals surface area contributed by atoms with Gasteiger partial charge in [0.25, 0.3) is 0 Å². The van der Waals surface area contributed by atoms with Crippen molar-refractivity contribution in [3.05, 3.63) is 0 Å². The number of rotatable bonds is 5. The maximum absolute atomic E-state index is 12.0. The molecule has 106 valence electrons. The van der Waals surface area contributed by atoms with Crippen LogP contribution in [0.4, 0.5) is 0 Å². The largest absolute Gasteiger partial charge is 0.481 e. The van der Waals surface area contributed by atoms with Crippen LogP contribution in [0.2, 0.25) is 0 Å². The molecule has 0 amide bonds. The molecule has 1 heterocycles. The van der Waals surface area contributed by atoms with Crippen LogP contribution in [0.15, 0.2) is 0 Å². The van der Waals surface area contributed by atoms with Crippen molar-refractivity contribution in [1.82, 2.24) is 4.31 Å². The molecule has 0 aromatic carbocycles. The predicted octanol–water partition coefficient (Wildman–Crippen LogP) is 1.55. The highest BCUT2D eigenvalue weighted by Crippen LogP contribution is 2.25. The van der Waals surface area contributed by atoms with Crippen LogP contribution >= 0.6 is 0 Å². The van der Waals surface area contributed by atoms with E-state index in [-0.39, 0.29) is 12.2 Å². The van der Waals surface area contributed by atoms with Gasteiger partial charge in [-0.25, -0.2) is 12.7 Å². The monoisotopic (exact) mass is 277 g/mol. The minimum Gasteiger partial charge on any atom is -0.481 e. The summed E-state index contributed by atoms with van der Waals surface area (Å²) >= 11 is 0. The van der Waals surface area contributed by atoms with Crippen molar-refractivity contribution < 1.29 is 18.3 Å². The Balaban J connectivity index is 2.59. The fourth-order valence-corrected chi connectivity index (χ4v) is 3.87. The lowest BCUT2D eigenvalue weighted by Crippen LogP contribution is -2.34. The third-order valence-electron chi connectivity index (χ3n) is 3.64. The first-order chi connectivity index (χ1) is 8.33. The molecule has 0 radical (unpaired) electrons. The lowest BCUT2D eigenvalue weighted by molar-refractivity contribution is -0.136. The lowest BCUT2D eigenvalue weighted by atomic mass is 9.89. The van der Waals surface area contributed by atoms with Crippen molar-refractivity contribution in [2.45, 2.75) is 39.5 Å². The summed E-state index contributed by atoms with van der Waals surface area (Å²) in [5.41, 5.74) is 0. The van der Waals surface area contributed by atoms with Gasteiger partial charge >= 0.3 is 5.97 Å². The predicted molar refractivity (Wildman–Crippen MR) is 69.8 cm³/mol. The molecule has 5 nitrogen and oxygen atoms in total. The lowest BCUT2D eigenvalue weighted by Gasteiger charge is -2.20. The SMILES string of the molecule is CC(C)C1CCCN(S(=O)(=O)CCC(=O)O)CC1. The van der Waals surface area contributed by atoms with Gasteiger partial charge in [0.1, 0.15) is 0 Å². The minimum atomic E-state index is -3.40. The van der Waals surface area contributed by atoms with E-state index in [0.29, 0.717) is 24.9 Å². The molecule has 0 spiro atoms. The van der Waals surface area contributed by atoms with Gasteiger partial charge in [-0.15, -0.1) is 0 Å². The van der Waals surface area contributed by atoms with E-state index in [1.165, 1.54) is 4.31 Å². The Hall–Kier alpha value is -0.620. The molecule has 18 heavy (non-hydrogen) atoms. The molecule has 0 aromatic heterocycles. The quantitative estimate of drug-likeness (QED) is 0.827. The molecule has 1 fully saturated rings. The van der Waals surface area contributed by atoms with Gasteiger partial charge in [0.05, 0.1) is 12.2 Å². The zero-order valence-corrected chi connectivity index (χ0v) is 11.9. The van der Waals surface area contributed by atoms with Gasteiger partial charge in [-0.3, -0.25) is 4.79 Å². The number of nitrogens with zero attached hydrogens (tertiary/aromatic N) is 1. The summed E-state index contributed by atoms with van der Waals surface area (Å²) in [4.78, 5) is 10.5. The molecular weight excluding hydrogens is 254 g/mol. The molecule has 1 rings (SSSR count). The second kappa shape index (κ2) is 6.52. The number of sulfonamides is 1. The Bertz CT molecular complexity index is 378. The number of carboxylic acid groups (broad SMARTS) is 1. The van der Waals surface area contributed by atoms with Crippen molar-refractivity contribution in [3.63, 3.8) is 0 Å². The van der Waals surface area contributed by atoms with Crippen LogP contribution < -0.4 is 0 Å². The first kappa shape index (κ1) is 15.4. The average molecular weight is 277 g/mol. The topological polar surface area (TPSA) is 74.7 Å². The van der Waals surface area contributed by atoms with E-state index in [9.17, 15) is 13.2 Å². The summed E-state index contributed by atoms with van der Waals surface area (Å²) in [5, 5.41) is 8.56. The fourth-order valence-electron chi connectivity index (χ4n) is 2.39. The summed E-state index contributed by atoms with van der Waals surface area (Å²) in [6, 6.07) is 0. The zero-order chi connectivity index (χ0) is 13.8. The highest BCUT2D eigenvalue weighted by molar-refractivity contribution is 7.89. The van der Waals surface area contributed by atoms with Gasteiger partial charge in [0.2, 0.25) is 10.0 Å². The van der Waals surface area contributed by atoms with E-state index in [4.69, 9.17) is 5.11 Å². The van der Waals surface area contributed by atoms with Crippen LogP contribution in [-0.4, -0.2) is 42.6 Å². The van der Waals surface area contributed by atoms with E-state index in [2.05, 4.69) is 13.8 Å². The summed E-state index contributed by atoms with van der Waals surface area (Å²) in [7, 11) is -3.40. The first-order valence-corrected chi connectivity index (χ1v) is 8.13. The molecular formula is C12H23NO4S. The van der Waals surface area contributed by atoms with Gasteiger partial charge in [-0.1, -0.05) is 13.8 Å². The fraction of sp³-hybridized carbons (Fsp3) is 0.917. The summed E-state index contributed by atoms with van der Waals surface area (Å²) in [6.07, 6.45) is 2.49. The maximum atomic E-state index is 12.0. The smallest absolute Gasteiger partial charge is 0.304 e. The van der Waals surface area contributed by atoms with E-state index in [1.807, 2.05) is 0 Å². The third kappa shape index (κ3) is 4.57. The Labute approximate surface area is 109 Å². The summed E-state index contributed by atoms with van der Waals surface area (Å²) in [6.45, 7) is 5.40. The van der Waals surface area contributed by atoms with E-state index in [0.717, 1.165) is 19.3 Å². The number of carboxylic acids is 1. The Morgan fingerprint density at radius 3 is 2.56 bits per heavy atom. The first-order valence-electron chi connectivity index (χ1n) is 6.52. The van der Waals surface area contributed by atoms with Crippen LogP contribution in [0.1, 0.15) is 39.5 Å². The zero-order valence-electron chi connectivity index (χ0n) is 11.1. The molecule has 0 aromatic rings. The van der Waals surface area contributed by atoms with E-state index >= 15 is 0 Å². The van der Waals surface area contributed by atoms with Crippen LogP contribution in [-0.2, 0) is 14.8 Å². The van der Waals surface area contributed by atoms with Gasteiger partial charge in [0, 0.05) is 13.1 Å². The molecule has 1 unspecified atom stereocenters. The average Bonchev–Trinajstić information content (AvgIpc) is 2.52. The highest BCUT2D eigenvalue weighted by Gasteiger charge is 2.27. The van der Waals surface area contributed by atoms with E-state index in [1.54, 1.807) is 0 Å². The van der Waals surface area contributed by atoms with Crippen LogP contribution in [0.3, 0.4) is 0 Å². The molecule has 6 heteroatoms. The van der Waals surface area contributed by atoms with Crippen LogP contribution in [0, 0.1) is 11.8 Å². The third-order valence-corrected chi connectivity index (χ3v) is 5.51. The second-order valence-corrected chi connectivity index (χ2v) is 7.38. The molecule has 0 bridgehead atoms. The molecule has 1 atom stereocenters. The highest BCUT2D eigenvalue weighted by atomic mass is 32.2. The van der Waals surface area contributed by atoms with Crippen molar-refractivity contribution in [3.8, 4) is 0 Å². The van der Waals surface area contributed by atoms with Gasteiger partial charge < -0.3 is 5.11 Å². The molecule has 0 saturated carbocycles. The Kier molecular flexibility index (Phi) is 5.59. The Morgan fingerprint density at radius 2 is 2.00 bits per heavy atom. The molecule has 1 N–H and O–H groups in total. The van der Waals surface area contributed by atoms with E-state index < -0.39 is 16.0 Å². The number of aliphatic carboxylic acids is 1. The van der Waals surface area contributed by atoms with Crippen molar-refractivity contribution in [2.75, 3.05) is 18.8 Å². The number of hydrogen-bond donors (Lipinski definition) is 1. The number of carbonyl (C=O) groups is 1. The molecule has 0 aliphatic carbocycles. The normalized spacial score (nSPS) is 22.9. The molecule has 1 aliphatic rings. The van der Waals surface area contributed by atoms with Gasteiger partial charge in [0.15, 0.2) is 0 Å².